The molecular weight excluding hydrogens is 464 g/mol. The molecule has 3 N–H and O–H groups in total. The number of methoxy groups -OCH3 is 3. The molecule has 3 aromatic carbocycles. The van der Waals surface area contributed by atoms with Crippen molar-refractivity contribution in [1.82, 2.24) is 10.6 Å². The average Bonchev–Trinajstić information content (AvgIpc) is 2.91. The van der Waals surface area contributed by atoms with E-state index in [9.17, 15) is 19.5 Å². The maximum atomic E-state index is 13.3. The summed E-state index contributed by atoms with van der Waals surface area (Å²) >= 11 is 0. The highest BCUT2D eigenvalue weighted by Gasteiger charge is 2.25. The molecule has 0 saturated carbocycles. The van der Waals surface area contributed by atoms with Crippen molar-refractivity contribution >= 4 is 23.9 Å². The van der Waals surface area contributed by atoms with Gasteiger partial charge in [0, 0.05) is 5.56 Å². The Morgan fingerprint density at radius 2 is 1.39 bits per heavy atom. The summed E-state index contributed by atoms with van der Waals surface area (Å²) in [6.45, 7) is 0. The third-order valence-electron chi connectivity index (χ3n) is 5.18. The van der Waals surface area contributed by atoms with E-state index in [2.05, 4.69) is 10.6 Å². The highest BCUT2D eigenvalue weighted by atomic mass is 16.5. The molecule has 3 rings (SSSR count). The van der Waals surface area contributed by atoms with Crippen molar-refractivity contribution in [2.45, 2.75) is 6.04 Å². The van der Waals surface area contributed by atoms with E-state index in [0.29, 0.717) is 33.9 Å². The first-order chi connectivity index (χ1) is 17.4. The molecule has 0 fully saturated rings. The number of ether oxygens (including phenoxy) is 3. The van der Waals surface area contributed by atoms with Crippen LogP contribution in [-0.4, -0.2) is 44.2 Å². The summed E-state index contributed by atoms with van der Waals surface area (Å²) < 4.78 is 16.1. The van der Waals surface area contributed by atoms with Crippen LogP contribution in [-0.2, 0) is 9.59 Å². The Balaban J connectivity index is 2.03. The summed E-state index contributed by atoms with van der Waals surface area (Å²) in [5.41, 5.74) is 0.953. The SMILES string of the molecule is COc1cc(C=C(NC(=O)c2ccccc2)C(=O)N[C@@H](C(=O)O)c2ccccc2)cc(OC)c1OC. The molecule has 0 spiro atoms. The molecule has 36 heavy (non-hydrogen) atoms. The highest BCUT2D eigenvalue weighted by molar-refractivity contribution is 6.06. The van der Waals surface area contributed by atoms with Crippen LogP contribution < -0.4 is 24.8 Å². The number of nitrogens with one attached hydrogen (secondary N) is 2. The minimum absolute atomic E-state index is 0.180. The Morgan fingerprint density at radius 1 is 0.833 bits per heavy atom. The molecule has 0 aliphatic heterocycles. The van der Waals surface area contributed by atoms with Gasteiger partial charge in [0.25, 0.3) is 11.8 Å². The fraction of sp³-hybridized carbons (Fsp3) is 0.148. The normalized spacial score (nSPS) is 11.7. The second kappa shape index (κ2) is 12.1. The van der Waals surface area contributed by atoms with E-state index in [0.717, 1.165) is 0 Å². The van der Waals surface area contributed by atoms with Crippen LogP contribution in [0.2, 0.25) is 0 Å². The van der Waals surface area contributed by atoms with Crippen LogP contribution >= 0.6 is 0 Å². The van der Waals surface area contributed by atoms with Crippen molar-refractivity contribution in [2.24, 2.45) is 0 Å². The van der Waals surface area contributed by atoms with Gasteiger partial charge in [0.05, 0.1) is 21.3 Å². The number of benzene rings is 3. The molecule has 0 aromatic heterocycles. The summed E-state index contributed by atoms with van der Waals surface area (Å²) in [4.78, 5) is 38.1. The number of aliphatic carboxylic acids is 1. The van der Waals surface area contributed by atoms with Crippen molar-refractivity contribution in [3.63, 3.8) is 0 Å². The van der Waals surface area contributed by atoms with Gasteiger partial charge in [-0.05, 0) is 41.5 Å². The van der Waals surface area contributed by atoms with Gasteiger partial charge in [0.2, 0.25) is 5.75 Å². The second-order valence-corrected chi connectivity index (χ2v) is 7.49. The number of carbonyl (C=O) groups is 3. The third kappa shape index (κ3) is 6.20. The zero-order valence-corrected chi connectivity index (χ0v) is 20.0. The van der Waals surface area contributed by atoms with Crippen molar-refractivity contribution in [3.8, 4) is 17.2 Å². The molecule has 0 unspecified atom stereocenters. The predicted molar refractivity (Wildman–Crippen MR) is 133 cm³/mol. The zero-order chi connectivity index (χ0) is 26.1. The topological polar surface area (TPSA) is 123 Å². The molecule has 186 valence electrons. The van der Waals surface area contributed by atoms with Crippen molar-refractivity contribution in [2.75, 3.05) is 21.3 Å². The number of hydrogen-bond donors (Lipinski definition) is 3. The second-order valence-electron chi connectivity index (χ2n) is 7.49. The molecule has 0 heterocycles. The summed E-state index contributed by atoms with van der Waals surface area (Å²) in [7, 11) is 4.37. The number of rotatable bonds is 10. The van der Waals surface area contributed by atoms with Crippen LogP contribution in [0.5, 0.6) is 17.2 Å². The number of hydrogen-bond acceptors (Lipinski definition) is 6. The lowest BCUT2D eigenvalue weighted by molar-refractivity contribution is -0.141. The summed E-state index contributed by atoms with van der Waals surface area (Å²) in [6, 6.07) is 18.4. The van der Waals surface area contributed by atoms with Gasteiger partial charge < -0.3 is 30.0 Å². The van der Waals surface area contributed by atoms with Gasteiger partial charge >= 0.3 is 5.97 Å². The zero-order valence-electron chi connectivity index (χ0n) is 20.0. The van der Waals surface area contributed by atoms with Gasteiger partial charge in [-0.25, -0.2) is 4.79 Å². The minimum Gasteiger partial charge on any atom is -0.493 e. The molecule has 1 atom stereocenters. The smallest absolute Gasteiger partial charge is 0.330 e. The van der Waals surface area contributed by atoms with Crippen LogP contribution in [0.25, 0.3) is 6.08 Å². The molecule has 0 aliphatic rings. The van der Waals surface area contributed by atoms with Crippen molar-refractivity contribution in [3.05, 3.63) is 95.2 Å². The Kier molecular flexibility index (Phi) is 8.66. The summed E-state index contributed by atoms with van der Waals surface area (Å²) in [5, 5.41) is 14.8. The predicted octanol–water partition coefficient (Wildman–Crippen LogP) is 3.43. The molecule has 0 radical (unpaired) electrons. The van der Waals surface area contributed by atoms with Gasteiger partial charge in [0.15, 0.2) is 17.5 Å². The van der Waals surface area contributed by atoms with Crippen LogP contribution in [0.3, 0.4) is 0 Å². The number of carbonyl (C=O) groups excluding carboxylic acids is 2. The fourth-order valence-electron chi connectivity index (χ4n) is 3.44. The van der Waals surface area contributed by atoms with Gasteiger partial charge in [-0.1, -0.05) is 48.5 Å². The Bertz CT molecular complexity index is 1230. The van der Waals surface area contributed by atoms with Gasteiger partial charge in [-0.15, -0.1) is 0 Å². The lowest BCUT2D eigenvalue weighted by Crippen LogP contribution is -2.39. The molecule has 3 aromatic rings. The first-order valence-electron chi connectivity index (χ1n) is 10.8. The van der Waals surface area contributed by atoms with Crippen LogP contribution in [0.4, 0.5) is 0 Å². The van der Waals surface area contributed by atoms with Crippen molar-refractivity contribution in [1.29, 1.82) is 0 Å². The Labute approximate surface area is 208 Å². The third-order valence-corrected chi connectivity index (χ3v) is 5.18. The van der Waals surface area contributed by atoms with Crippen LogP contribution in [0.15, 0.2) is 78.5 Å². The maximum Gasteiger partial charge on any atom is 0.330 e. The lowest BCUT2D eigenvalue weighted by Gasteiger charge is -2.17. The van der Waals surface area contributed by atoms with Gasteiger partial charge in [0.1, 0.15) is 5.70 Å². The molecule has 0 saturated heterocycles. The summed E-state index contributed by atoms with van der Waals surface area (Å²) in [6.07, 6.45) is 1.39. The maximum absolute atomic E-state index is 13.3. The molecule has 0 bridgehead atoms. The van der Waals surface area contributed by atoms with Crippen molar-refractivity contribution < 1.29 is 33.7 Å². The summed E-state index contributed by atoms with van der Waals surface area (Å²) in [5.74, 6) is -1.57. The minimum atomic E-state index is -1.34. The molecule has 2 amide bonds. The first kappa shape index (κ1) is 25.8. The van der Waals surface area contributed by atoms with Gasteiger partial charge in [-0.2, -0.15) is 0 Å². The molecule has 0 aliphatic carbocycles. The van der Waals surface area contributed by atoms with Crippen LogP contribution in [0, 0.1) is 0 Å². The lowest BCUT2D eigenvalue weighted by atomic mass is 10.1. The average molecular weight is 491 g/mol. The largest absolute Gasteiger partial charge is 0.493 e. The van der Waals surface area contributed by atoms with Crippen LogP contribution in [0.1, 0.15) is 27.5 Å². The molecular formula is C27H26N2O7. The van der Waals surface area contributed by atoms with E-state index in [4.69, 9.17) is 14.2 Å². The van der Waals surface area contributed by atoms with Gasteiger partial charge in [-0.3, -0.25) is 9.59 Å². The number of amides is 2. The fourth-order valence-corrected chi connectivity index (χ4v) is 3.44. The highest BCUT2D eigenvalue weighted by Crippen LogP contribution is 2.38. The Morgan fingerprint density at radius 3 is 1.89 bits per heavy atom. The van der Waals surface area contributed by atoms with E-state index in [1.807, 2.05) is 0 Å². The van der Waals surface area contributed by atoms with E-state index in [1.165, 1.54) is 27.4 Å². The number of carboxylic acid groups (broad SMARTS) is 1. The van der Waals surface area contributed by atoms with E-state index < -0.39 is 23.8 Å². The van der Waals surface area contributed by atoms with E-state index in [1.54, 1.807) is 72.8 Å². The van der Waals surface area contributed by atoms with E-state index in [-0.39, 0.29) is 5.70 Å². The monoisotopic (exact) mass is 490 g/mol. The first-order valence-corrected chi connectivity index (χ1v) is 10.8. The van der Waals surface area contributed by atoms with E-state index >= 15 is 0 Å². The number of carboxylic acids is 1. The standard InChI is InChI=1S/C27H26N2O7/c1-34-21-15-17(16-22(35-2)24(21)36-3)14-20(28-25(30)19-12-8-5-9-13-19)26(31)29-23(27(32)33)18-10-6-4-7-11-18/h4-16,23H,1-3H3,(H,28,30)(H,29,31)(H,32,33)/t23-/m1/s1. The molecule has 9 heteroatoms. The quantitative estimate of drug-likeness (QED) is 0.372. The molecule has 9 nitrogen and oxygen atoms in total. The Hall–Kier alpha value is -4.79.